The molecule has 1 atom stereocenters. The Hall–Kier alpha value is -1.81. The van der Waals surface area contributed by atoms with Gasteiger partial charge in [-0.05, 0) is 36.8 Å². The first-order chi connectivity index (χ1) is 9.16. The number of hydrogen-bond donors (Lipinski definition) is 1. The molecule has 0 bridgehead atoms. The average molecular weight is 320 g/mol. The van der Waals surface area contributed by atoms with Crippen molar-refractivity contribution >= 4 is 27.9 Å². The quantitative estimate of drug-likeness (QED) is 0.867. The third-order valence-electron chi connectivity index (χ3n) is 2.67. The van der Waals surface area contributed by atoms with Gasteiger partial charge in [-0.3, -0.25) is 4.79 Å². The van der Waals surface area contributed by atoms with E-state index in [2.05, 4.69) is 21.2 Å². The third kappa shape index (κ3) is 3.83. The zero-order valence-corrected chi connectivity index (χ0v) is 12.1. The van der Waals surface area contributed by atoms with Gasteiger partial charge in [0, 0.05) is 10.5 Å². The highest BCUT2D eigenvalue weighted by molar-refractivity contribution is 9.10. The topological polar surface area (TPSA) is 42.2 Å². The number of rotatable bonds is 4. The van der Waals surface area contributed by atoms with Crippen LogP contribution in [0.25, 0.3) is 6.08 Å². The summed E-state index contributed by atoms with van der Waals surface area (Å²) >= 11 is 3.47. The van der Waals surface area contributed by atoms with E-state index in [9.17, 15) is 4.79 Å². The smallest absolute Gasteiger partial charge is 0.244 e. The number of benzene rings is 1. The molecule has 1 heterocycles. The molecule has 0 aliphatic carbocycles. The van der Waals surface area contributed by atoms with E-state index in [1.807, 2.05) is 31.2 Å². The first-order valence-electron chi connectivity index (χ1n) is 5.93. The molecule has 0 saturated carbocycles. The Labute approximate surface area is 120 Å². The van der Waals surface area contributed by atoms with E-state index in [1.54, 1.807) is 24.5 Å². The Balaban J connectivity index is 1.97. The SMILES string of the molecule is C[C@@H](NC(=O)/C=C/c1ccco1)c1ccccc1Br. The van der Waals surface area contributed by atoms with Crippen molar-refractivity contribution in [2.45, 2.75) is 13.0 Å². The van der Waals surface area contributed by atoms with E-state index in [4.69, 9.17) is 4.42 Å². The maximum absolute atomic E-state index is 11.8. The Morgan fingerprint density at radius 1 is 1.32 bits per heavy atom. The van der Waals surface area contributed by atoms with Gasteiger partial charge in [0.25, 0.3) is 0 Å². The highest BCUT2D eigenvalue weighted by Gasteiger charge is 2.10. The minimum Gasteiger partial charge on any atom is -0.465 e. The van der Waals surface area contributed by atoms with Crippen LogP contribution in [0.5, 0.6) is 0 Å². The van der Waals surface area contributed by atoms with Crippen molar-refractivity contribution in [3.05, 3.63) is 64.5 Å². The predicted molar refractivity (Wildman–Crippen MR) is 78.4 cm³/mol. The van der Waals surface area contributed by atoms with Crippen molar-refractivity contribution in [3.8, 4) is 0 Å². The fourth-order valence-electron chi connectivity index (χ4n) is 1.71. The fraction of sp³-hybridized carbons (Fsp3) is 0.133. The molecule has 1 N–H and O–H groups in total. The zero-order chi connectivity index (χ0) is 13.7. The molecular weight excluding hydrogens is 306 g/mol. The van der Waals surface area contributed by atoms with Crippen LogP contribution in [0.4, 0.5) is 0 Å². The molecule has 0 saturated heterocycles. The van der Waals surface area contributed by atoms with Crippen LogP contribution in [-0.4, -0.2) is 5.91 Å². The minimum absolute atomic E-state index is 0.0654. The van der Waals surface area contributed by atoms with Gasteiger partial charge in [-0.15, -0.1) is 0 Å². The lowest BCUT2D eigenvalue weighted by Crippen LogP contribution is -2.24. The Bertz CT molecular complexity index is 576. The van der Waals surface area contributed by atoms with Gasteiger partial charge in [-0.25, -0.2) is 0 Å². The summed E-state index contributed by atoms with van der Waals surface area (Å²) in [7, 11) is 0. The molecule has 0 radical (unpaired) electrons. The molecule has 0 aliphatic heterocycles. The summed E-state index contributed by atoms with van der Waals surface area (Å²) in [6.07, 6.45) is 4.68. The first kappa shape index (κ1) is 13.6. The lowest BCUT2D eigenvalue weighted by Gasteiger charge is -2.14. The van der Waals surface area contributed by atoms with Crippen molar-refractivity contribution in [2.75, 3.05) is 0 Å². The van der Waals surface area contributed by atoms with Crippen LogP contribution in [0.1, 0.15) is 24.3 Å². The summed E-state index contributed by atoms with van der Waals surface area (Å²) in [5.41, 5.74) is 1.04. The Kier molecular flexibility index (Phi) is 4.58. The molecular formula is C15H14BrNO2. The lowest BCUT2D eigenvalue weighted by molar-refractivity contribution is -0.117. The van der Waals surface area contributed by atoms with E-state index in [0.29, 0.717) is 5.76 Å². The second-order valence-corrected chi connectivity index (χ2v) is 4.95. The number of halogens is 1. The van der Waals surface area contributed by atoms with Crippen molar-refractivity contribution in [2.24, 2.45) is 0 Å². The highest BCUT2D eigenvalue weighted by Crippen LogP contribution is 2.22. The van der Waals surface area contributed by atoms with Gasteiger partial charge in [0.1, 0.15) is 5.76 Å². The highest BCUT2D eigenvalue weighted by atomic mass is 79.9. The normalized spacial score (nSPS) is 12.5. The summed E-state index contributed by atoms with van der Waals surface area (Å²) in [6.45, 7) is 1.94. The van der Waals surface area contributed by atoms with Crippen molar-refractivity contribution in [1.82, 2.24) is 5.32 Å². The van der Waals surface area contributed by atoms with Crippen LogP contribution in [-0.2, 0) is 4.79 Å². The van der Waals surface area contributed by atoms with Gasteiger partial charge in [-0.1, -0.05) is 34.1 Å². The maximum atomic E-state index is 11.8. The van der Waals surface area contributed by atoms with Crippen LogP contribution < -0.4 is 5.32 Å². The number of amides is 1. The van der Waals surface area contributed by atoms with Gasteiger partial charge in [0.05, 0.1) is 12.3 Å². The van der Waals surface area contributed by atoms with Gasteiger partial charge in [0.15, 0.2) is 0 Å². The van der Waals surface area contributed by atoms with Crippen LogP contribution in [0, 0.1) is 0 Å². The number of hydrogen-bond acceptors (Lipinski definition) is 2. The van der Waals surface area contributed by atoms with Crippen LogP contribution in [0.2, 0.25) is 0 Å². The molecule has 98 valence electrons. The van der Waals surface area contributed by atoms with Crippen LogP contribution in [0.3, 0.4) is 0 Å². The maximum Gasteiger partial charge on any atom is 0.244 e. The summed E-state index contributed by atoms with van der Waals surface area (Å²) < 4.78 is 6.10. The number of nitrogens with one attached hydrogen (secondary N) is 1. The molecule has 4 heteroatoms. The molecule has 0 fully saturated rings. The number of carbonyl (C=O) groups is 1. The molecule has 1 aromatic carbocycles. The van der Waals surface area contributed by atoms with E-state index >= 15 is 0 Å². The molecule has 0 unspecified atom stereocenters. The molecule has 0 spiro atoms. The standard InChI is InChI=1S/C15H14BrNO2/c1-11(13-6-2-3-7-14(13)16)17-15(18)9-8-12-5-4-10-19-12/h2-11H,1H3,(H,17,18)/b9-8+/t11-/m1/s1. The van der Waals surface area contributed by atoms with Gasteiger partial charge < -0.3 is 9.73 Å². The molecule has 3 nitrogen and oxygen atoms in total. The molecule has 19 heavy (non-hydrogen) atoms. The summed E-state index contributed by atoms with van der Waals surface area (Å²) in [5, 5.41) is 2.90. The van der Waals surface area contributed by atoms with E-state index in [0.717, 1.165) is 10.0 Å². The zero-order valence-electron chi connectivity index (χ0n) is 10.5. The predicted octanol–water partition coefficient (Wildman–Crippen LogP) is 3.93. The van der Waals surface area contributed by atoms with Gasteiger partial charge in [-0.2, -0.15) is 0 Å². The van der Waals surface area contributed by atoms with E-state index in [1.165, 1.54) is 6.08 Å². The largest absolute Gasteiger partial charge is 0.465 e. The first-order valence-corrected chi connectivity index (χ1v) is 6.72. The number of carbonyl (C=O) groups excluding carboxylic acids is 1. The number of furan rings is 1. The molecule has 1 amide bonds. The minimum atomic E-state index is -0.153. The molecule has 1 aromatic heterocycles. The second-order valence-electron chi connectivity index (χ2n) is 4.10. The summed E-state index contributed by atoms with van der Waals surface area (Å²) in [5.74, 6) is 0.503. The Morgan fingerprint density at radius 2 is 2.11 bits per heavy atom. The summed E-state index contributed by atoms with van der Waals surface area (Å²) in [4.78, 5) is 11.8. The van der Waals surface area contributed by atoms with Crippen molar-refractivity contribution in [3.63, 3.8) is 0 Å². The van der Waals surface area contributed by atoms with E-state index < -0.39 is 0 Å². The van der Waals surface area contributed by atoms with Crippen molar-refractivity contribution in [1.29, 1.82) is 0 Å². The summed E-state index contributed by atoms with van der Waals surface area (Å²) in [6, 6.07) is 11.3. The average Bonchev–Trinajstić information content (AvgIpc) is 2.90. The molecule has 0 aliphatic rings. The van der Waals surface area contributed by atoms with Crippen LogP contribution >= 0.6 is 15.9 Å². The third-order valence-corrected chi connectivity index (χ3v) is 3.39. The lowest BCUT2D eigenvalue weighted by atomic mass is 10.1. The van der Waals surface area contributed by atoms with Crippen molar-refractivity contribution < 1.29 is 9.21 Å². The Morgan fingerprint density at radius 3 is 2.79 bits per heavy atom. The monoisotopic (exact) mass is 319 g/mol. The fourth-order valence-corrected chi connectivity index (χ4v) is 2.34. The van der Waals surface area contributed by atoms with Crippen LogP contribution in [0.15, 0.2) is 57.6 Å². The van der Waals surface area contributed by atoms with E-state index in [-0.39, 0.29) is 11.9 Å². The molecule has 2 aromatic rings. The molecule has 2 rings (SSSR count). The van der Waals surface area contributed by atoms with Gasteiger partial charge >= 0.3 is 0 Å². The van der Waals surface area contributed by atoms with Gasteiger partial charge in [0.2, 0.25) is 5.91 Å². The second kappa shape index (κ2) is 6.38.